The minimum Gasteiger partial charge on any atom is -0.493 e. The van der Waals surface area contributed by atoms with Gasteiger partial charge >= 0.3 is 12.0 Å². The molecule has 1 aliphatic heterocycles. The van der Waals surface area contributed by atoms with Crippen molar-refractivity contribution in [2.45, 2.75) is 19.9 Å². The molecule has 3 N–H and O–H groups in total. The number of nitro benzene ring substituents is 1. The normalized spacial score (nSPS) is 15.0. The van der Waals surface area contributed by atoms with Crippen LogP contribution in [-0.4, -0.2) is 49.4 Å². The summed E-state index contributed by atoms with van der Waals surface area (Å²) in [4.78, 5) is 46.9. The number of amides is 3. The maximum atomic E-state index is 12.5. The molecule has 1 heterocycles. The number of urea groups is 1. The number of hydrogen-bond donors (Lipinski definition) is 3. The molecule has 1 aliphatic rings. The molecular formula is C24H25N5O8. The van der Waals surface area contributed by atoms with E-state index in [2.05, 4.69) is 21.2 Å². The van der Waals surface area contributed by atoms with Gasteiger partial charge in [0.25, 0.3) is 11.6 Å². The van der Waals surface area contributed by atoms with Gasteiger partial charge in [-0.25, -0.2) is 15.0 Å². The average Bonchev–Trinajstić information content (AvgIpc) is 2.87. The van der Waals surface area contributed by atoms with Gasteiger partial charge in [-0.1, -0.05) is 6.07 Å². The lowest BCUT2D eigenvalue weighted by atomic mass is 9.95. The van der Waals surface area contributed by atoms with E-state index in [1.165, 1.54) is 37.6 Å². The van der Waals surface area contributed by atoms with E-state index in [-0.39, 0.29) is 36.0 Å². The van der Waals surface area contributed by atoms with Crippen LogP contribution < -0.4 is 25.5 Å². The van der Waals surface area contributed by atoms with Crippen LogP contribution in [0.15, 0.2) is 58.8 Å². The highest BCUT2D eigenvalue weighted by molar-refractivity contribution is 5.95. The summed E-state index contributed by atoms with van der Waals surface area (Å²) in [5.41, 5.74) is 3.96. The van der Waals surface area contributed by atoms with Crippen LogP contribution in [0.3, 0.4) is 0 Å². The number of methoxy groups -OCH3 is 1. The molecule has 0 bridgehead atoms. The fourth-order valence-corrected chi connectivity index (χ4v) is 3.44. The van der Waals surface area contributed by atoms with Crippen molar-refractivity contribution in [3.63, 3.8) is 0 Å². The zero-order valence-corrected chi connectivity index (χ0v) is 20.3. The lowest BCUT2D eigenvalue weighted by molar-refractivity contribution is -0.384. The van der Waals surface area contributed by atoms with Crippen molar-refractivity contribution >= 4 is 29.8 Å². The van der Waals surface area contributed by atoms with Crippen LogP contribution in [0.2, 0.25) is 0 Å². The number of nitrogens with one attached hydrogen (secondary N) is 3. The smallest absolute Gasteiger partial charge is 0.338 e. The molecule has 0 radical (unpaired) electrons. The first-order chi connectivity index (χ1) is 17.7. The predicted octanol–water partition coefficient (Wildman–Crippen LogP) is 2.32. The van der Waals surface area contributed by atoms with Gasteiger partial charge in [0.2, 0.25) is 0 Å². The molecule has 194 valence electrons. The van der Waals surface area contributed by atoms with E-state index >= 15 is 0 Å². The fraction of sp³-hybridized carbons (Fsp3) is 0.250. The molecule has 2 aromatic carbocycles. The molecule has 1 atom stereocenters. The fourth-order valence-electron chi connectivity index (χ4n) is 3.44. The minimum absolute atomic E-state index is 0.0552. The molecular weight excluding hydrogens is 486 g/mol. The van der Waals surface area contributed by atoms with Gasteiger partial charge in [0.05, 0.1) is 36.5 Å². The molecule has 2 aromatic rings. The second kappa shape index (κ2) is 12.2. The Kier molecular flexibility index (Phi) is 8.76. The number of carbonyl (C=O) groups is 3. The summed E-state index contributed by atoms with van der Waals surface area (Å²) in [6.07, 6.45) is 1.33. The Balaban J connectivity index is 1.66. The van der Waals surface area contributed by atoms with E-state index in [0.717, 1.165) is 0 Å². The number of non-ortho nitro benzene ring substituents is 1. The van der Waals surface area contributed by atoms with Crippen LogP contribution in [-0.2, 0) is 14.3 Å². The van der Waals surface area contributed by atoms with Crippen LogP contribution >= 0.6 is 0 Å². The van der Waals surface area contributed by atoms with Crippen molar-refractivity contribution < 1.29 is 33.5 Å². The van der Waals surface area contributed by atoms with Crippen LogP contribution in [0.1, 0.15) is 31.0 Å². The number of benzene rings is 2. The molecule has 13 nitrogen and oxygen atoms in total. The quantitative estimate of drug-likeness (QED) is 0.189. The van der Waals surface area contributed by atoms with Crippen LogP contribution in [0.5, 0.6) is 11.5 Å². The lowest BCUT2D eigenvalue weighted by Gasteiger charge is -2.28. The Morgan fingerprint density at radius 2 is 1.92 bits per heavy atom. The summed E-state index contributed by atoms with van der Waals surface area (Å²) < 4.78 is 16.1. The van der Waals surface area contributed by atoms with E-state index in [9.17, 15) is 24.5 Å². The molecule has 3 rings (SSSR count). The topological polar surface area (TPSA) is 170 Å². The third-order valence-electron chi connectivity index (χ3n) is 5.15. The summed E-state index contributed by atoms with van der Waals surface area (Å²) in [5, 5.41) is 19.8. The predicted molar refractivity (Wildman–Crippen MR) is 131 cm³/mol. The maximum absolute atomic E-state index is 12.5. The van der Waals surface area contributed by atoms with Gasteiger partial charge in [-0.15, -0.1) is 0 Å². The second-order valence-electron chi connectivity index (χ2n) is 7.63. The first-order valence-electron chi connectivity index (χ1n) is 11.1. The van der Waals surface area contributed by atoms with Gasteiger partial charge in [0.15, 0.2) is 18.1 Å². The molecule has 0 fully saturated rings. The average molecular weight is 511 g/mol. The lowest BCUT2D eigenvalue weighted by Crippen LogP contribution is -2.45. The molecule has 0 unspecified atom stereocenters. The van der Waals surface area contributed by atoms with Gasteiger partial charge < -0.3 is 24.8 Å². The molecule has 0 saturated carbocycles. The highest BCUT2D eigenvalue weighted by Crippen LogP contribution is 2.34. The van der Waals surface area contributed by atoms with E-state index in [4.69, 9.17) is 14.2 Å². The molecule has 0 aliphatic carbocycles. The summed E-state index contributed by atoms with van der Waals surface area (Å²) in [7, 11) is 1.41. The standard InChI is InChI=1S/C24H25N5O8/c1-4-36-23(31)21-14(2)26-24(32)27-22(21)16-7-10-18(19(11-16)35-3)37-13-20(30)28-25-12-15-5-8-17(9-6-15)29(33)34/h5-12,22H,4,13H2,1-3H3,(H,28,30)(H2,26,27,32)/b25-12-/t22-/m0/s1. The zero-order chi connectivity index (χ0) is 26.9. The van der Waals surface area contributed by atoms with Crippen molar-refractivity contribution in [1.29, 1.82) is 0 Å². The van der Waals surface area contributed by atoms with Gasteiger partial charge in [0.1, 0.15) is 0 Å². The van der Waals surface area contributed by atoms with Crippen molar-refractivity contribution in [3.8, 4) is 11.5 Å². The Morgan fingerprint density at radius 3 is 2.57 bits per heavy atom. The monoisotopic (exact) mass is 511 g/mol. The number of ether oxygens (including phenoxy) is 3. The Bertz CT molecular complexity index is 1260. The highest BCUT2D eigenvalue weighted by atomic mass is 16.6. The summed E-state index contributed by atoms with van der Waals surface area (Å²) in [6, 6.07) is 9.14. The molecule has 13 heteroatoms. The third-order valence-corrected chi connectivity index (χ3v) is 5.15. The molecule has 0 spiro atoms. The largest absolute Gasteiger partial charge is 0.493 e. The van der Waals surface area contributed by atoms with Gasteiger partial charge in [-0.3, -0.25) is 14.9 Å². The van der Waals surface area contributed by atoms with Gasteiger partial charge in [-0.2, -0.15) is 5.10 Å². The number of hydrogen-bond acceptors (Lipinski definition) is 9. The van der Waals surface area contributed by atoms with E-state index < -0.39 is 28.9 Å². The Labute approximate surface area is 211 Å². The summed E-state index contributed by atoms with van der Waals surface area (Å²) in [6.45, 7) is 3.08. The van der Waals surface area contributed by atoms with Crippen molar-refractivity contribution in [2.75, 3.05) is 20.3 Å². The Morgan fingerprint density at radius 1 is 1.19 bits per heavy atom. The zero-order valence-electron chi connectivity index (χ0n) is 20.3. The first-order valence-corrected chi connectivity index (χ1v) is 11.1. The molecule has 37 heavy (non-hydrogen) atoms. The van der Waals surface area contributed by atoms with E-state index in [1.807, 2.05) is 0 Å². The van der Waals surface area contributed by atoms with Crippen LogP contribution in [0, 0.1) is 10.1 Å². The Hall–Kier alpha value is -4.94. The van der Waals surface area contributed by atoms with Crippen LogP contribution in [0.4, 0.5) is 10.5 Å². The number of nitrogens with zero attached hydrogens (tertiary/aromatic N) is 2. The highest BCUT2D eigenvalue weighted by Gasteiger charge is 2.32. The van der Waals surface area contributed by atoms with Crippen molar-refractivity contribution in [2.24, 2.45) is 5.10 Å². The third kappa shape index (κ3) is 6.81. The minimum atomic E-state index is -0.784. The SMILES string of the molecule is CCOC(=O)C1=C(C)NC(=O)N[C@H]1c1ccc(OCC(=O)N/N=C\c2ccc([N+](=O)[O-])cc2)c(OC)c1. The van der Waals surface area contributed by atoms with Crippen LogP contribution in [0.25, 0.3) is 0 Å². The molecule has 3 amide bonds. The number of hydrazone groups is 1. The van der Waals surface area contributed by atoms with Gasteiger partial charge in [-0.05, 0) is 49.2 Å². The number of esters is 1. The van der Waals surface area contributed by atoms with E-state index in [1.54, 1.807) is 32.0 Å². The molecule has 0 aromatic heterocycles. The summed E-state index contributed by atoms with van der Waals surface area (Å²) in [5.74, 6) is -0.603. The summed E-state index contributed by atoms with van der Waals surface area (Å²) >= 11 is 0. The van der Waals surface area contributed by atoms with E-state index in [0.29, 0.717) is 16.8 Å². The van der Waals surface area contributed by atoms with Crippen molar-refractivity contribution in [3.05, 3.63) is 75.0 Å². The van der Waals surface area contributed by atoms with Crippen molar-refractivity contribution in [1.82, 2.24) is 16.1 Å². The molecule has 0 saturated heterocycles. The first kappa shape index (κ1) is 26.7. The number of carbonyl (C=O) groups excluding carboxylic acids is 3. The van der Waals surface area contributed by atoms with Gasteiger partial charge in [0, 0.05) is 17.8 Å². The number of allylic oxidation sites excluding steroid dienone is 1. The number of rotatable bonds is 10. The number of nitro groups is 1. The maximum Gasteiger partial charge on any atom is 0.338 e. The second-order valence-corrected chi connectivity index (χ2v) is 7.63.